The second-order valence-corrected chi connectivity index (χ2v) is 11.1. The molecule has 0 radical (unpaired) electrons. The second kappa shape index (κ2) is 9.43. The van der Waals surface area contributed by atoms with Gasteiger partial charge < -0.3 is 5.32 Å². The van der Waals surface area contributed by atoms with Crippen molar-refractivity contribution in [1.82, 2.24) is 29.3 Å². The minimum atomic E-state index is -3.83. The number of sulfonamides is 1. The molecule has 2 N–H and O–H groups in total. The molecule has 184 valence electrons. The molecule has 0 saturated heterocycles. The van der Waals surface area contributed by atoms with Crippen LogP contribution in [0, 0.1) is 12.8 Å². The van der Waals surface area contributed by atoms with Gasteiger partial charge in [-0.15, -0.1) is 0 Å². The molecule has 0 amide bonds. The van der Waals surface area contributed by atoms with E-state index in [0.717, 1.165) is 34.6 Å². The fourth-order valence-electron chi connectivity index (χ4n) is 4.48. The van der Waals surface area contributed by atoms with E-state index in [-0.39, 0.29) is 4.90 Å². The third kappa shape index (κ3) is 4.94. The maximum absolute atomic E-state index is 13.5. The summed E-state index contributed by atoms with van der Waals surface area (Å²) in [6, 6.07) is 8.71. The van der Waals surface area contributed by atoms with E-state index in [1.807, 2.05) is 50.0 Å². The standard InChI is InChI=1S/C25H31N7O2S/c1-17-12-23(26-14-21-10-11-27-31(21)3)22-8-5-9-24(25(22)29-17)35(33,34)30-18(2)20-13-28-32(16-20)15-19-6-4-7-19/h5,8-13,16,18-19,30H,4,6-7,14-15H2,1-3H3,(H,26,29). The quantitative estimate of drug-likeness (QED) is 0.366. The number of para-hydroxylation sites is 1. The lowest BCUT2D eigenvalue weighted by Gasteiger charge is -2.24. The van der Waals surface area contributed by atoms with Gasteiger partial charge in [0.25, 0.3) is 0 Å². The molecule has 1 atom stereocenters. The number of benzene rings is 1. The zero-order chi connectivity index (χ0) is 24.6. The number of nitrogens with one attached hydrogen (secondary N) is 2. The van der Waals surface area contributed by atoms with Gasteiger partial charge in [0.15, 0.2) is 0 Å². The summed E-state index contributed by atoms with van der Waals surface area (Å²) in [7, 11) is -1.94. The topological polar surface area (TPSA) is 107 Å². The van der Waals surface area contributed by atoms with E-state index in [1.54, 1.807) is 29.2 Å². The third-order valence-electron chi connectivity index (χ3n) is 6.76. The maximum Gasteiger partial charge on any atom is 0.243 e. The molecule has 1 aliphatic rings. The highest BCUT2D eigenvalue weighted by Crippen LogP contribution is 2.30. The molecule has 3 heterocycles. The predicted molar refractivity (Wildman–Crippen MR) is 135 cm³/mol. The molecule has 4 aromatic rings. The van der Waals surface area contributed by atoms with Crippen LogP contribution >= 0.6 is 0 Å². The summed E-state index contributed by atoms with van der Waals surface area (Å²) >= 11 is 0. The lowest BCUT2D eigenvalue weighted by atomic mass is 9.85. The number of nitrogens with zero attached hydrogens (tertiary/aromatic N) is 5. The first-order valence-corrected chi connectivity index (χ1v) is 13.4. The fraction of sp³-hybridized carbons (Fsp3) is 0.400. The molecule has 3 aromatic heterocycles. The van der Waals surface area contributed by atoms with Crippen LogP contribution in [0.5, 0.6) is 0 Å². The molecule has 1 saturated carbocycles. The van der Waals surface area contributed by atoms with E-state index >= 15 is 0 Å². The van der Waals surface area contributed by atoms with Gasteiger partial charge in [-0.2, -0.15) is 10.2 Å². The Hall–Kier alpha value is -3.24. The smallest absolute Gasteiger partial charge is 0.243 e. The Morgan fingerprint density at radius 3 is 2.74 bits per heavy atom. The summed E-state index contributed by atoms with van der Waals surface area (Å²) in [6.07, 6.45) is 9.21. The average molecular weight is 494 g/mol. The highest BCUT2D eigenvalue weighted by molar-refractivity contribution is 7.89. The molecule has 35 heavy (non-hydrogen) atoms. The van der Waals surface area contributed by atoms with Crippen LogP contribution < -0.4 is 10.0 Å². The normalized spacial score (nSPS) is 15.3. The number of aromatic nitrogens is 5. The van der Waals surface area contributed by atoms with Gasteiger partial charge in [0.1, 0.15) is 4.90 Å². The molecule has 1 aliphatic carbocycles. The molecule has 0 aliphatic heterocycles. The van der Waals surface area contributed by atoms with Crippen molar-refractivity contribution >= 4 is 26.6 Å². The lowest BCUT2D eigenvalue weighted by molar-refractivity contribution is 0.266. The molecule has 1 unspecified atom stereocenters. The fourth-order valence-corrected chi connectivity index (χ4v) is 5.88. The van der Waals surface area contributed by atoms with Crippen LogP contribution in [0.1, 0.15) is 49.2 Å². The molecular formula is C25H31N7O2S. The lowest BCUT2D eigenvalue weighted by Crippen LogP contribution is -2.27. The monoisotopic (exact) mass is 493 g/mol. The molecule has 1 aromatic carbocycles. The van der Waals surface area contributed by atoms with Crippen molar-refractivity contribution in [2.45, 2.75) is 57.1 Å². The maximum atomic E-state index is 13.5. The average Bonchev–Trinajstić information content (AvgIpc) is 3.42. The van der Waals surface area contributed by atoms with Gasteiger partial charge in [-0.3, -0.25) is 14.3 Å². The van der Waals surface area contributed by atoms with E-state index in [2.05, 4.69) is 25.2 Å². The molecule has 0 spiro atoms. The molecule has 10 heteroatoms. The van der Waals surface area contributed by atoms with E-state index in [0.29, 0.717) is 18.0 Å². The van der Waals surface area contributed by atoms with Gasteiger partial charge in [-0.25, -0.2) is 13.1 Å². The number of rotatable bonds is 9. The van der Waals surface area contributed by atoms with Crippen LogP contribution in [-0.4, -0.2) is 33.0 Å². The van der Waals surface area contributed by atoms with E-state index in [1.165, 1.54) is 19.3 Å². The Bertz CT molecular complexity index is 1450. The Balaban J connectivity index is 1.40. The largest absolute Gasteiger partial charge is 0.379 e. The number of fused-ring (bicyclic) bond motifs is 1. The summed E-state index contributed by atoms with van der Waals surface area (Å²) in [5.74, 6) is 0.681. The summed E-state index contributed by atoms with van der Waals surface area (Å²) in [5.41, 5.74) is 3.87. The minimum absolute atomic E-state index is 0.163. The number of pyridine rings is 1. The van der Waals surface area contributed by atoms with E-state index < -0.39 is 16.1 Å². The minimum Gasteiger partial charge on any atom is -0.379 e. The molecular weight excluding hydrogens is 462 g/mol. The first-order valence-electron chi connectivity index (χ1n) is 12.0. The van der Waals surface area contributed by atoms with Crippen LogP contribution in [0.15, 0.2) is 53.8 Å². The highest BCUT2D eigenvalue weighted by Gasteiger charge is 2.24. The van der Waals surface area contributed by atoms with Crippen LogP contribution in [0.3, 0.4) is 0 Å². The first-order chi connectivity index (χ1) is 16.8. The molecule has 9 nitrogen and oxygen atoms in total. The Morgan fingerprint density at radius 2 is 2.03 bits per heavy atom. The summed E-state index contributed by atoms with van der Waals surface area (Å²) in [6.45, 7) is 5.16. The molecule has 0 bridgehead atoms. The van der Waals surface area contributed by atoms with Crippen molar-refractivity contribution in [2.24, 2.45) is 13.0 Å². The molecule has 5 rings (SSSR count). The number of anilines is 1. The van der Waals surface area contributed by atoms with Gasteiger partial charge in [-0.05, 0) is 50.8 Å². The first kappa shape index (κ1) is 23.5. The second-order valence-electron chi connectivity index (χ2n) is 9.40. The van der Waals surface area contributed by atoms with Crippen molar-refractivity contribution in [3.05, 3.63) is 65.9 Å². The van der Waals surface area contributed by atoms with Crippen LogP contribution in [0.2, 0.25) is 0 Å². The van der Waals surface area contributed by atoms with Crippen LogP contribution in [0.25, 0.3) is 10.9 Å². The van der Waals surface area contributed by atoms with Crippen LogP contribution in [-0.2, 0) is 30.2 Å². The Labute approximate surface area is 205 Å². The van der Waals surface area contributed by atoms with Gasteiger partial charge in [0, 0.05) is 54.4 Å². The predicted octanol–water partition coefficient (Wildman–Crippen LogP) is 3.92. The summed E-state index contributed by atoms with van der Waals surface area (Å²) in [5, 5.41) is 12.8. The van der Waals surface area contributed by atoms with Crippen molar-refractivity contribution in [1.29, 1.82) is 0 Å². The number of hydrogen-bond donors (Lipinski definition) is 2. The summed E-state index contributed by atoms with van der Waals surface area (Å²) in [4.78, 5) is 4.77. The van der Waals surface area contributed by atoms with Gasteiger partial charge >= 0.3 is 0 Å². The van der Waals surface area contributed by atoms with Gasteiger partial charge in [-0.1, -0.05) is 18.6 Å². The van der Waals surface area contributed by atoms with Crippen molar-refractivity contribution in [3.63, 3.8) is 0 Å². The van der Waals surface area contributed by atoms with E-state index in [4.69, 9.17) is 0 Å². The van der Waals surface area contributed by atoms with E-state index in [9.17, 15) is 8.42 Å². The van der Waals surface area contributed by atoms with Crippen LogP contribution in [0.4, 0.5) is 5.69 Å². The van der Waals surface area contributed by atoms with Crippen molar-refractivity contribution in [2.75, 3.05) is 5.32 Å². The summed E-state index contributed by atoms with van der Waals surface area (Å²) < 4.78 is 33.5. The number of hydrogen-bond acceptors (Lipinski definition) is 6. The Morgan fingerprint density at radius 1 is 1.20 bits per heavy atom. The molecule has 1 fully saturated rings. The van der Waals surface area contributed by atoms with Crippen molar-refractivity contribution < 1.29 is 8.42 Å². The number of aryl methyl sites for hydroxylation is 2. The van der Waals surface area contributed by atoms with Gasteiger partial charge in [0.2, 0.25) is 10.0 Å². The zero-order valence-electron chi connectivity index (χ0n) is 20.3. The third-order valence-corrected chi connectivity index (χ3v) is 8.33. The van der Waals surface area contributed by atoms with Crippen molar-refractivity contribution in [3.8, 4) is 0 Å². The Kier molecular flexibility index (Phi) is 6.33. The zero-order valence-corrected chi connectivity index (χ0v) is 21.1. The SMILES string of the molecule is Cc1cc(NCc2ccnn2C)c2cccc(S(=O)(=O)NC(C)c3cnn(CC4CCC4)c3)c2n1. The van der Waals surface area contributed by atoms with Gasteiger partial charge in [0.05, 0.1) is 24.0 Å². The highest BCUT2D eigenvalue weighted by atomic mass is 32.2.